The number of hydrogen-bond acceptors (Lipinski definition) is 5. The van der Waals surface area contributed by atoms with Gasteiger partial charge in [-0.2, -0.15) is 0 Å². The van der Waals surface area contributed by atoms with Crippen LogP contribution in [0.3, 0.4) is 0 Å². The third-order valence-electron chi connectivity index (χ3n) is 4.22. The summed E-state index contributed by atoms with van der Waals surface area (Å²) in [6.07, 6.45) is 5.75. The van der Waals surface area contributed by atoms with Gasteiger partial charge in [-0.15, -0.1) is 0 Å². The number of rotatable bonds is 4. The lowest BCUT2D eigenvalue weighted by atomic mass is 10.00. The summed E-state index contributed by atoms with van der Waals surface area (Å²) >= 11 is 0. The molecule has 1 aliphatic rings. The minimum Gasteiger partial charge on any atom is -0.350 e. The summed E-state index contributed by atoms with van der Waals surface area (Å²) in [6.45, 7) is 6.29. The number of aryl methyl sites for hydroxylation is 1. The number of nitrogens with zero attached hydrogens (tertiary/aromatic N) is 4. The van der Waals surface area contributed by atoms with Crippen LogP contribution in [0.5, 0.6) is 0 Å². The first kappa shape index (κ1) is 16.4. The first-order valence-corrected chi connectivity index (χ1v) is 8.39. The molecule has 1 atom stereocenters. The maximum atomic E-state index is 12.7. The van der Waals surface area contributed by atoms with E-state index in [1.807, 2.05) is 24.0 Å². The Kier molecular flexibility index (Phi) is 5.03. The van der Waals surface area contributed by atoms with Gasteiger partial charge in [0.25, 0.3) is 5.91 Å². The van der Waals surface area contributed by atoms with Gasteiger partial charge in [0, 0.05) is 37.7 Å². The van der Waals surface area contributed by atoms with Crippen LogP contribution in [0, 0.1) is 12.8 Å². The molecule has 126 valence electrons. The SMILES string of the molecule is Cc1cc(C(=O)N2CCCC(C)C2)nc(NCc2ccncc2)n1. The molecule has 2 aromatic heterocycles. The van der Waals surface area contributed by atoms with E-state index in [0.717, 1.165) is 30.8 Å². The molecule has 1 N–H and O–H groups in total. The highest BCUT2D eigenvalue weighted by atomic mass is 16.2. The number of pyridine rings is 1. The van der Waals surface area contributed by atoms with Crippen LogP contribution < -0.4 is 5.32 Å². The molecule has 2 aromatic rings. The second-order valence-corrected chi connectivity index (χ2v) is 6.43. The number of hydrogen-bond donors (Lipinski definition) is 1. The number of nitrogens with one attached hydrogen (secondary N) is 1. The molecule has 6 heteroatoms. The number of anilines is 1. The van der Waals surface area contributed by atoms with E-state index in [4.69, 9.17) is 0 Å². The topological polar surface area (TPSA) is 71.0 Å². The van der Waals surface area contributed by atoms with E-state index >= 15 is 0 Å². The lowest BCUT2D eigenvalue weighted by Crippen LogP contribution is -2.39. The highest BCUT2D eigenvalue weighted by molar-refractivity contribution is 5.92. The number of amides is 1. The van der Waals surface area contributed by atoms with E-state index in [1.54, 1.807) is 18.5 Å². The second-order valence-electron chi connectivity index (χ2n) is 6.43. The Bertz CT molecular complexity index is 704. The zero-order valence-electron chi connectivity index (χ0n) is 14.2. The molecule has 6 nitrogen and oxygen atoms in total. The van der Waals surface area contributed by atoms with Gasteiger partial charge in [0.05, 0.1) is 0 Å². The summed E-state index contributed by atoms with van der Waals surface area (Å²) in [5, 5.41) is 3.19. The van der Waals surface area contributed by atoms with Crippen molar-refractivity contribution in [3.63, 3.8) is 0 Å². The van der Waals surface area contributed by atoms with Crippen LogP contribution in [-0.4, -0.2) is 38.8 Å². The highest BCUT2D eigenvalue weighted by Crippen LogP contribution is 2.18. The normalized spacial score (nSPS) is 17.6. The minimum absolute atomic E-state index is 0.000916. The number of carbonyl (C=O) groups excluding carboxylic acids is 1. The third kappa shape index (κ3) is 4.07. The Labute approximate surface area is 142 Å². The summed E-state index contributed by atoms with van der Waals surface area (Å²) in [5.41, 5.74) is 2.34. The van der Waals surface area contributed by atoms with Gasteiger partial charge in [-0.05, 0) is 49.4 Å². The Morgan fingerprint density at radius 1 is 1.33 bits per heavy atom. The monoisotopic (exact) mass is 325 g/mol. The molecule has 1 fully saturated rings. The van der Waals surface area contributed by atoms with Crippen LogP contribution >= 0.6 is 0 Å². The molecule has 0 aliphatic carbocycles. The quantitative estimate of drug-likeness (QED) is 0.936. The predicted octanol–water partition coefficient (Wildman–Crippen LogP) is 2.66. The molecule has 1 aliphatic heterocycles. The van der Waals surface area contributed by atoms with Gasteiger partial charge >= 0.3 is 0 Å². The van der Waals surface area contributed by atoms with E-state index in [0.29, 0.717) is 24.1 Å². The summed E-state index contributed by atoms with van der Waals surface area (Å²) < 4.78 is 0. The summed E-state index contributed by atoms with van der Waals surface area (Å²) in [5.74, 6) is 1.04. The summed E-state index contributed by atoms with van der Waals surface area (Å²) in [6, 6.07) is 5.63. The number of likely N-dealkylation sites (tertiary alicyclic amines) is 1. The highest BCUT2D eigenvalue weighted by Gasteiger charge is 2.23. The Morgan fingerprint density at radius 3 is 2.88 bits per heavy atom. The minimum atomic E-state index is -0.000916. The predicted molar refractivity (Wildman–Crippen MR) is 92.6 cm³/mol. The largest absolute Gasteiger partial charge is 0.350 e. The molecule has 1 saturated heterocycles. The van der Waals surface area contributed by atoms with E-state index < -0.39 is 0 Å². The van der Waals surface area contributed by atoms with Crippen LogP contribution in [0.4, 0.5) is 5.95 Å². The van der Waals surface area contributed by atoms with Crippen molar-refractivity contribution in [1.82, 2.24) is 19.9 Å². The maximum Gasteiger partial charge on any atom is 0.272 e. The fourth-order valence-electron chi connectivity index (χ4n) is 2.97. The smallest absolute Gasteiger partial charge is 0.272 e. The van der Waals surface area contributed by atoms with E-state index in [1.165, 1.54) is 6.42 Å². The molecule has 1 unspecified atom stereocenters. The Hall–Kier alpha value is -2.50. The van der Waals surface area contributed by atoms with Crippen molar-refractivity contribution < 1.29 is 4.79 Å². The van der Waals surface area contributed by atoms with Crippen molar-refractivity contribution in [2.45, 2.75) is 33.2 Å². The molecule has 0 saturated carbocycles. The van der Waals surface area contributed by atoms with Crippen molar-refractivity contribution in [1.29, 1.82) is 0 Å². The van der Waals surface area contributed by atoms with Gasteiger partial charge < -0.3 is 10.2 Å². The fourth-order valence-corrected chi connectivity index (χ4v) is 2.97. The van der Waals surface area contributed by atoms with Crippen LogP contribution in [0.25, 0.3) is 0 Å². The van der Waals surface area contributed by atoms with Crippen LogP contribution in [-0.2, 0) is 6.54 Å². The standard InChI is InChI=1S/C18H23N5O/c1-13-4-3-9-23(12-13)17(24)16-10-14(2)21-18(22-16)20-11-15-5-7-19-8-6-15/h5-8,10,13H,3-4,9,11-12H2,1-2H3,(H,20,21,22). The molecular formula is C18H23N5O. The van der Waals surface area contributed by atoms with E-state index in [-0.39, 0.29) is 5.91 Å². The first-order valence-electron chi connectivity index (χ1n) is 8.39. The first-order chi connectivity index (χ1) is 11.6. The zero-order valence-corrected chi connectivity index (χ0v) is 14.2. The van der Waals surface area contributed by atoms with Gasteiger partial charge in [-0.25, -0.2) is 9.97 Å². The average molecular weight is 325 g/mol. The second kappa shape index (κ2) is 7.38. The number of piperidine rings is 1. The van der Waals surface area contributed by atoms with Gasteiger partial charge in [0.15, 0.2) is 0 Å². The van der Waals surface area contributed by atoms with Crippen molar-refractivity contribution in [2.24, 2.45) is 5.92 Å². The van der Waals surface area contributed by atoms with Gasteiger partial charge in [-0.1, -0.05) is 6.92 Å². The van der Waals surface area contributed by atoms with Gasteiger partial charge in [0.1, 0.15) is 5.69 Å². The summed E-state index contributed by atoms with van der Waals surface area (Å²) in [4.78, 5) is 27.4. The molecule has 3 rings (SSSR count). The van der Waals surface area contributed by atoms with Crippen LogP contribution in [0.2, 0.25) is 0 Å². The molecule has 24 heavy (non-hydrogen) atoms. The molecule has 0 spiro atoms. The van der Waals surface area contributed by atoms with Gasteiger partial charge in [0.2, 0.25) is 5.95 Å². The molecule has 0 radical (unpaired) electrons. The Balaban J connectivity index is 1.72. The maximum absolute atomic E-state index is 12.7. The zero-order chi connectivity index (χ0) is 16.9. The van der Waals surface area contributed by atoms with E-state index in [9.17, 15) is 4.79 Å². The Morgan fingerprint density at radius 2 is 2.12 bits per heavy atom. The van der Waals surface area contributed by atoms with Crippen LogP contribution in [0.15, 0.2) is 30.6 Å². The van der Waals surface area contributed by atoms with Crippen molar-refractivity contribution >= 4 is 11.9 Å². The summed E-state index contributed by atoms with van der Waals surface area (Å²) in [7, 11) is 0. The molecule has 0 aromatic carbocycles. The third-order valence-corrected chi connectivity index (χ3v) is 4.22. The lowest BCUT2D eigenvalue weighted by molar-refractivity contribution is 0.0677. The molecule has 3 heterocycles. The average Bonchev–Trinajstić information content (AvgIpc) is 2.60. The van der Waals surface area contributed by atoms with E-state index in [2.05, 4.69) is 27.2 Å². The van der Waals surface area contributed by atoms with Crippen molar-refractivity contribution in [3.8, 4) is 0 Å². The van der Waals surface area contributed by atoms with Crippen LogP contribution in [0.1, 0.15) is 41.5 Å². The lowest BCUT2D eigenvalue weighted by Gasteiger charge is -2.30. The fraction of sp³-hybridized carbons (Fsp3) is 0.444. The van der Waals surface area contributed by atoms with Crippen molar-refractivity contribution in [2.75, 3.05) is 18.4 Å². The number of aromatic nitrogens is 3. The molecular weight excluding hydrogens is 302 g/mol. The molecule has 0 bridgehead atoms. The van der Waals surface area contributed by atoms with Crippen molar-refractivity contribution in [3.05, 3.63) is 47.5 Å². The van der Waals surface area contributed by atoms with Gasteiger partial charge in [-0.3, -0.25) is 9.78 Å². The number of carbonyl (C=O) groups is 1. The molecule has 1 amide bonds.